The predicted octanol–water partition coefficient (Wildman–Crippen LogP) is 2.47. The monoisotopic (exact) mass is 212 g/mol. The van der Waals surface area contributed by atoms with Gasteiger partial charge in [-0.05, 0) is 24.2 Å². The molecule has 1 heterocycles. The Kier molecular flexibility index (Phi) is 4.00. The van der Waals surface area contributed by atoms with E-state index in [1.54, 1.807) is 0 Å². The summed E-state index contributed by atoms with van der Waals surface area (Å²) in [5.74, 6) is 0.643. The van der Waals surface area contributed by atoms with Gasteiger partial charge in [-0.1, -0.05) is 27.7 Å². The fourth-order valence-electron chi connectivity index (χ4n) is 2.00. The van der Waals surface area contributed by atoms with Crippen molar-refractivity contribution >= 4 is 6.03 Å². The number of carbonyl (C=O) groups excluding carboxylic acids is 1. The minimum absolute atomic E-state index is 0.114. The first kappa shape index (κ1) is 12.3. The molecule has 0 radical (unpaired) electrons. The zero-order chi connectivity index (χ0) is 11.5. The molecule has 1 aliphatic rings. The van der Waals surface area contributed by atoms with Gasteiger partial charge in [0.2, 0.25) is 0 Å². The van der Waals surface area contributed by atoms with Crippen LogP contribution in [0.2, 0.25) is 0 Å². The van der Waals surface area contributed by atoms with Gasteiger partial charge in [0.05, 0.1) is 0 Å². The molecule has 0 saturated carbocycles. The molecular formula is C12H24N2O. The number of amides is 2. The van der Waals surface area contributed by atoms with E-state index in [2.05, 4.69) is 33.0 Å². The van der Waals surface area contributed by atoms with Crippen molar-refractivity contribution in [3.05, 3.63) is 0 Å². The third-order valence-corrected chi connectivity index (χ3v) is 3.23. The lowest BCUT2D eigenvalue weighted by Gasteiger charge is -2.26. The van der Waals surface area contributed by atoms with E-state index >= 15 is 0 Å². The molecule has 0 bridgehead atoms. The van der Waals surface area contributed by atoms with Crippen LogP contribution in [0.25, 0.3) is 0 Å². The van der Waals surface area contributed by atoms with E-state index in [0.29, 0.717) is 11.3 Å². The lowest BCUT2D eigenvalue weighted by molar-refractivity contribution is 0.197. The zero-order valence-corrected chi connectivity index (χ0v) is 10.5. The van der Waals surface area contributed by atoms with Gasteiger partial charge in [-0.15, -0.1) is 0 Å². The molecule has 88 valence electrons. The lowest BCUT2D eigenvalue weighted by atomic mass is 9.80. The Morgan fingerprint density at radius 2 is 2.13 bits per heavy atom. The van der Waals surface area contributed by atoms with E-state index < -0.39 is 0 Å². The second-order valence-electron chi connectivity index (χ2n) is 5.53. The van der Waals surface area contributed by atoms with Crippen LogP contribution in [0.15, 0.2) is 0 Å². The lowest BCUT2D eigenvalue weighted by Crippen LogP contribution is -2.39. The highest BCUT2D eigenvalue weighted by molar-refractivity contribution is 5.74. The highest BCUT2D eigenvalue weighted by Crippen LogP contribution is 2.33. The van der Waals surface area contributed by atoms with E-state index in [1.165, 1.54) is 0 Å². The van der Waals surface area contributed by atoms with Gasteiger partial charge in [-0.3, -0.25) is 0 Å². The third-order valence-electron chi connectivity index (χ3n) is 3.23. The molecule has 3 nitrogen and oxygen atoms in total. The number of likely N-dealkylation sites (tertiary alicyclic amines) is 1. The summed E-state index contributed by atoms with van der Waals surface area (Å²) in [6, 6.07) is 0.114. The topological polar surface area (TPSA) is 32.3 Å². The van der Waals surface area contributed by atoms with Crippen molar-refractivity contribution in [1.82, 2.24) is 10.2 Å². The summed E-state index contributed by atoms with van der Waals surface area (Å²) >= 11 is 0. The molecule has 0 aromatic carbocycles. The number of urea groups is 1. The molecule has 1 N–H and O–H groups in total. The summed E-state index contributed by atoms with van der Waals surface area (Å²) < 4.78 is 0. The first-order valence-corrected chi connectivity index (χ1v) is 5.98. The zero-order valence-electron chi connectivity index (χ0n) is 10.5. The second kappa shape index (κ2) is 4.86. The van der Waals surface area contributed by atoms with Crippen molar-refractivity contribution in [2.45, 2.75) is 40.5 Å². The van der Waals surface area contributed by atoms with E-state index in [1.807, 2.05) is 4.90 Å². The van der Waals surface area contributed by atoms with E-state index in [4.69, 9.17) is 0 Å². The molecule has 0 aromatic rings. The summed E-state index contributed by atoms with van der Waals surface area (Å²) in [7, 11) is 0. The van der Waals surface area contributed by atoms with Crippen LogP contribution in [0.1, 0.15) is 40.5 Å². The minimum atomic E-state index is 0.114. The molecule has 2 amide bonds. The number of rotatable bonds is 2. The molecule has 1 saturated heterocycles. The molecule has 0 aromatic heterocycles. The van der Waals surface area contributed by atoms with E-state index in [0.717, 1.165) is 32.5 Å². The Bertz CT molecular complexity index is 220. The van der Waals surface area contributed by atoms with Crippen LogP contribution >= 0.6 is 0 Å². The van der Waals surface area contributed by atoms with Gasteiger partial charge in [-0.2, -0.15) is 0 Å². The number of nitrogens with one attached hydrogen (secondary N) is 1. The highest BCUT2D eigenvalue weighted by atomic mass is 16.2. The number of hydrogen-bond acceptors (Lipinski definition) is 1. The Balaban J connectivity index is 2.39. The molecule has 1 unspecified atom stereocenters. The maximum absolute atomic E-state index is 11.7. The third kappa shape index (κ3) is 3.40. The van der Waals surface area contributed by atoms with Gasteiger partial charge < -0.3 is 10.2 Å². The average Bonchev–Trinajstić information content (AvgIpc) is 2.62. The second-order valence-corrected chi connectivity index (χ2v) is 5.53. The van der Waals surface area contributed by atoms with Gasteiger partial charge in [-0.25, -0.2) is 4.79 Å². The number of nitrogens with zero attached hydrogens (tertiary/aromatic N) is 1. The minimum Gasteiger partial charge on any atom is -0.338 e. The van der Waals surface area contributed by atoms with Crippen LogP contribution in [0.4, 0.5) is 4.79 Å². The normalized spacial score (nSPS) is 21.9. The Morgan fingerprint density at radius 3 is 2.60 bits per heavy atom. The molecule has 1 fully saturated rings. The molecule has 1 rings (SSSR count). The van der Waals surface area contributed by atoms with Crippen molar-refractivity contribution in [3.63, 3.8) is 0 Å². The molecule has 0 aliphatic carbocycles. The fraction of sp³-hybridized carbons (Fsp3) is 0.917. The summed E-state index contributed by atoms with van der Waals surface area (Å²) in [6.45, 7) is 11.5. The van der Waals surface area contributed by atoms with Crippen molar-refractivity contribution in [1.29, 1.82) is 0 Å². The van der Waals surface area contributed by atoms with Crippen LogP contribution in [-0.2, 0) is 0 Å². The number of hydrogen-bond donors (Lipinski definition) is 1. The fourth-order valence-corrected chi connectivity index (χ4v) is 2.00. The van der Waals surface area contributed by atoms with Gasteiger partial charge in [0, 0.05) is 19.6 Å². The van der Waals surface area contributed by atoms with Gasteiger partial charge in [0.25, 0.3) is 0 Å². The molecule has 1 atom stereocenters. The smallest absolute Gasteiger partial charge is 0.317 e. The maximum Gasteiger partial charge on any atom is 0.317 e. The molecule has 1 aliphatic heterocycles. The van der Waals surface area contributed by atoms with Crippen molar-refractivity contribution in [2.75, 3.05) is 19.6 Å². The average molecular weight is 212 g/mol. The standard InChI is InChI=1S/C12H24N2O/c1-5-7-13-11(15)14-8-6-10(9-14)12(2,3)4/h10H,5-9H2,1-4H3,(H,13,15). The van der Waals surface area contributed by atoms with Crippen LogP contribution in [0, 0.1) is 11.3 Å². The predicted molar refractivity (Wildman–Crippen MR) is 62.8 cm³/mol. The largest absolute Gasteiger partial charge is 0.338 e. The molecular weight excluding hydrogens is 188 g/mol. The van der Waals surface area contributed by atoms with Crippen LogP contribution in [0.3, 0.4) is 0 Å². The molecule has 15 heavy (non-hydrogen) atoms. The quantitative estimate of drug-likeness (QED) is 0.749. The Hall–Kier alpha value is -0.730. The Morgan fingerprint density at radius 1 is 1.47 bits per heavy atom. The van der Waals surface area contributed by atoms with Crippen molar-refractivity contribution in [2.24, 2.45) is 11.3 Å². The van der Waals surface area contributed by atoms with Crippen LogP contribution in [0.5, 0.6) is 0 Å². The molecule has 0 spiro atoms. The molecule has 3 heteroatoms. The van der Waals surface area contributed by atoms with Crippen LogP contribution in [-0.4, -0.2) is 30.6 Å². The summed E-state index contributed by atoms with van der Waals surface area (Å²) in [5.41, 5.74) is 0.319. The van der Waals surface area contributed by atoms with Crippen molar-refractivity contribution in [3.8, 4) is 0 Å². The van der Waals surface area contributed by atoms with Crippen molar-refractivity contribution < 1.29 is 4.79 Å². The maximum atomic E-state index is 11.7. The summed E-state index contributed by atoms with van der Waals surface area (Å²) in [5, 5.41) is 2.93. The van der Waals surface area contributed by atoms with E-state index in [9.17, 15) is 4.79 Å². The highest BCUT2D eigenvalue weighted by Gasteiger charge is 2.33. The van der Waals surface area contributed by atoms with E-state index in [-0.39, 0.29) is 6.03 Å². The first-order valence-electron chi connectivity index (χ1n) is 5.98. The number of carbonyl (C=O) groups is 1. The Labute approximate surface area is 93.2 Å². The van der Waals surface area contributed by atoms with Gasteiger partial charge in [0.15, 0.2) is 0 Å². The first-order chi connectivity index (χ1) is 6.95. The van der Waals surface area contributed by atoms with Crippen LogP contribution < -0.4 is 5.32 Å². The van der Waals surface area contributed by atoms with Gasteiger partial charge >= 0.3 is 6.03 Å². The SMILES string of the molecule is CCCNC(=O)N1CCC(C(C)(C)C)C1. The summed E-state index contributed by atoms with van der Waals surface area (Å²) in [4.78, 5) is 13.6. The van der Waals surface area contributed by atoms with Gasteiger partial charge in [0.1, 0.15) is 0 Å². The summed E-state index contributed by atoms with van der Waals surface area (Å²) in [6.07, 6.45) is 2.14.